The molecule has 0 saturated heterocycles. The minimum Gasteiger partial charge on any atom is -0.353 e. The molecule has 31 heavy (non-hydrogen) atoms. The van der Waals surface area contributed by atoms with Crippen molar-refractivity contribution in [2.24, 2.45) is 13.0 Å². The zero-order valence-corrected chi connectivity index (χ0v) is 20.2. The molecule has 1 N–H and O–H groups in total. The van der Waals surface area contributed by atoms with E-state index in [9.17, 15) is 9.59 Å². The van der Waals surface area contributed by atoms with Crippen LogP contribution in [0, 0.1) is 12.8 Å². The van der Waals surface area contributed by atoms with E-state index < -0.39 is 0 Å². The largest absolute Gasteiger partial charge is 0.353 e. The molecule has 0 bridgehead atoms. The molecule has 0 aliphatic carbocycles. The van der Waals surface area contributed by atoms with Crippen LogP contribution in [0.25, 0.3) is 0 Å². The highest BCUT2D eigenvalue weighted by Crippen LogP contribution is 2.21. The van der Waals surface area contributed by atoms with Gasteiger partial charge in [-0.3, -0.25) is 4.79 Å². The Hall–Kier alpha value is -2.47. The Bertz CT molecular complexity index is 893. The first-order chi connectivity index (χ1) is 14.6. The lowest BCUT2D eigenvalue weighted by Crippen LogP contribution is -2.48. The van der Waals surface area contributed by atoms with E-state index in [1.54, 1.807) is 11.0 Å². The van der Waals surface area contributed by atoms with Gasteiger partial charge in [-0.2, -0.15) is 0 Å². The molecule has 6 nitrogen and oxygen atoms in total. The molecule has 1 unspecified atom stereocenters. The number of nitrogens with zero attached hydrogens (tertiary/aromatic N) is 3. The van der Waals surface area contributed by atoms with Crippen molar-refractivity contribution in [3.05, 3.63) is 52.8 Å². The van der Waals surface area contributed by atoms with Gasteiger partial charge in [0.15, 0.2) is 0 Å². The molecular weight excluding hydrogens is 412 g/mol. The quantitative estimate of drug-likeness (QED) is 0.567. The first-order valence-corrected chi connectivity index (χ1v) is 11.2. The van der Waals surface area contributed by atoms with Crippen molar-refractivity contribution in [3.63, 3.8) is 0 Å². The fourth-order valence-electron chi connectivity index (χ4n) is 3.31. The summed E-state index contributed by atoms with van der Waals surface area (Å²) in [5, 5.41) is 3.48. The van der Waals surface area contributed by atoms with Gasteiger partial charge in [-0.05, 0) is 56.0 Å². The Morgan fingerprint density at radius 2 is 1.90 bits per heavy atom. The first-order valence-electron chi connectivity index (χ1n) is 10.8. The molecule has 0 aliphatic heterocycles. The number of aromatic nitrogens is 1. The van der Waals surface area contributed by atoms with Crippen LogP contribution in [0.3, 0.4) is 0 Å². The van der Waals surface area contributed by atoms with Crippen LogP contribution >= 0.6 is 11.6 Å². The molecule has 1 aromatic heterocycles. The summed E-state index contributed by atoms with van der Waals surface area (Å²) in [6.07, 6.45) is 2.72. The zero-order valence-electron chi connectivity index (χ0n) is 19.5. The number of aryl methyl sites for hydroxylation is 2. The third kappa shape index (κ3) is 7.03. The Kier molecular flexibility index (Phi) is 8.99. The molecule has 1 heterocycles. The highest BCUT2D eigenvalue weighted by Gasteiger charge is 2.26. The van der Waals surface area contributed by atoms with Crippen molar-refractivity contribution in [2.75, 3.05) is 18.4 Å². The number of hydrogen-bond donors (Lipinski definition) is 1. The van der Waals surface area contributed by atoms with E-state index in [0.717, 1.165) is 17.7 Å². The van der Waals surface area contributed by atoms with Crippen LogP contribution in [0.2, 0.25) is 5.02 Å². The highest BCUT2D eigenvalue weighted by molar-refractivity contribution is 6.31. The average Bonchev–Trinajstić information content (AvgIpc) is 3.11. The number of amides is 3. The van der Waals surface area contributed by atoms with Gasteiger partial charge in [-0.1, -0.05) is 38.4 Å². The van der Waals surface area contributed by atoms with Crippen molar-refractivity contribution in [2.45, 2.75) is 53.6 Å². The fraction of sp³-hybridized carbons (Fsp3) is 0.500. The minimum absolute atomic E-state index is 0.0254. The summed E-state index contributed by atoms with van der Waals surface area (Å²) < 4.78 is 2.01. The van der Waals surface area contributed by atoms with Gasteiger partial charge < -0.3 is 19.7 Å². The number of halogens is 1. The van der Waals surface area contributed by atoms with E-state index in [1.807, 2.05) is 67.7 Å². The smallest absolute Gasteiger partial charge is 0.322 e. The topological polar surface area (TPSA) is 57.6 Å². The maximum atomic E-state index is 13.3. The van der Waals surface area contributed by atoms with Gasteiger partial charge in [-0.25, -0.2) is 4.79 Å². The average molecular weight is 447 g/mol. The first kappa shape index (κ1) is 24.8. The fourth-order valence-corrected chi connectivity index (χ4v) is 3.49. The van der Waals surface area contributed by atoms with Crippen molar-refractivity contribution >= 4 is 29.2 Å². The molecular formula is C24H35ClN4O2. The second-order valence-corrected chi connectivity index (χ2v) is 8.97. The highest BCUT2D eigenvalue weighted by atomic mass is 35.5. The summed E-state index contributed by atoms with van der Waals surface area (Å²) in [5.74, 6) is 0.261. The van der Waals surface area contributed by atoms with Gasteiger partial charge in [0.2, 0.25) is 5.91 Å². The summed E-state index contributed by atoms with van der Waals surface area (Å²) in [7, 11) is 1.97. The van der Waals surface area contributed by atoms with Gasteiger partial charge in [-0.15, -0.1) is 0 Å². The van der Waals surface area contributed by atoms with Crippen molar-refractivity contribution in [3.8, 4) is 0 Å². The Balaban J connectivity index is 2.17. The molecule has 0 aliphatic rings. The van der Waals surface area contributed by atoms with Gasteiger partial charge in [0.25, 0.3) is 0 Å². The molecule has 0 saturated carbocycles. The number of rotatable bonds is 9. The molecule has 0 fully saturated rings. The second kappa shape index (κ2) is 11.2. The van der Waals surface area contributed by atoms with E-state index in [1.165, 1.54) is 0 Å². The van der Waals surface area contributed by atoms with Crippen LogP contribution in [-0.2, 0) is 18.4 Å². The number of urea groups is 1. The summed E-state index contributed by atoms with van der Waals surface area (Å²) in [4.78, 5) is 29.8. The van der Waals surface area contributed by atoms with E-state index >= 15 is 0 Å². The summed E-state index contributed by atoms with van der Waals surface area (Å²) >= 11 is 6.19. The van der Waals surface area contributed by atoms with E-state index in [2.05, 4.69) is 19.2 Å². The SMILES string of the molecule is CCC(C)N(CC(=O)N(Cc1cccn1C)CC(C)C)C(=O)Nc1ccc(C)c(Cl)c1. The van der Waals surface area contributed by atoms with E-state index in [-0.39, 0.29) is 24.5 Å². The number of carbonyl (C=O) groups excluding carboxylic acids is 2. The van der Waals surface area contributed by atoms with Crippen molar-refractivity contribution in [1.82, 2.24) is 14.4 Å². The van der Waals surface area contributed by atoms with E-state index in [4.69, 9.17) is 11.6 Å². The Morgan fingerprint density at radius 3 is 2.45 bits per heavy atom. The van der Waals surface area contributed by atoms with Gasteiger partial charge in [0, 0.05) is 42.2 Å². The standard InChI is InChI=1S/C24H35ClN4O2/c1-7-19(5)29(24(31)26-20-11-10-18(4)22(25)13-20)16-23(30)28(14-17(2)3)15-21-9-8-12-27(21)6/h8-13,17,19H,7,14-16H2,1-6H3,(H,26,31). The van der Waals surface area contributed by atoms with Crippen LogP contribution in [0.5, 0.6) is 0 Å². The maximum Gasteiger partial charge on any atom is 0.322 e. The molecule has 0 spiro atoms. The Labute approximate surface area is 191 Å². The van der Waals surface area contributed by atoms with Crippen LogP contribution in [0.15, 0.2) is 36.5 Å². The summed E-state index contributed by atoms with van der Waals surface area (Å²) in [5.41, 5.74) is 2.62. The predicted octanol–water partition coefficient (Wildman–Crippen LogP) is 5.30. The third-order valence-corrected chi connectivity index (χ3v) is 5.86. The second-order valence-electron chi connectivity index (χ2n) is 8.56. The molecule has 170 valence electrons. The summed E-state index contributed by atoms with van der Waals surface area (Å²) in [6, 6.07) is 9.01. The number of hydrogen-bond acceptors (Lipinski definition) is 2. The van der Waals surface area contributed by atoms with Crippen molar-refractivity contribution < 1.29 is 9.59 Å². The zero-order chi connectivity index (χ0) is 23.1. The van der Waals surface area contributed by atoms with Gasteiger partial charge >= 0.3 is 6.03 Å². The van der Waals surface area contributed by atoms with Crippen molar-refractivity contribution in [1.29, 1.82) is 0 Å². The molecule has 1 atom stereocenters. The van der Waals surface area contributed by atoms with Gasteiger partial charge in [0.05, 0.1) is 6.54 Å². The molecule has 2 aromatic rings. The molecule has 0 radical (unpaired) electrons. The predicted molar refractivity (Wildman–Crippen MR) is 127 cm³/mol. The monoisotopic (exact) mass is 446 g/mol. The molecule has 3 amide bonds. The number of anilines is 1. The van der Waals surface area contributed by atoms with Crippen LogP contribution in [-0.4, -0.2) is 45.4 Å². The number of nitrogens with one attached hydrogen (secondary N) is 1. The molecule has 1 aromatic carbocycles. The third-order valence-electron chi connectivity index (χ3n) is 5.45. The lowest BCUT2D eigenvalue weighted by molar-refractivity contribution is -0.133. The summed E-state index contributed by atoms with van der Waals surface area (Å²) in [6.45, 7) is 11.2. The normalized spacial score (nSPS) is 12.0. The lowest BCUT2D eigenvalue weighted by Gasteiger charge is -2.32. The minimum atomic E-state index is -0.300. The molecule has 2 rings (SSSR count). The van der Waals surface area contributed by atoms with Gasteiger partial charge in [0.1, 0.15) is 6.54 Å². The molecule has 7 heteroatoms. The van der Waals surface area contributed by atoms with Crippen LogP contribution in [0.1, 0.15) is 45.4 Å². The van der Waals surface area contributed by atoms with Crippen LogP contribution in [0.4, 0.5) is 10.5 Å². The number of carbonyl (C=O) groups is 2. The lowest BCUT2D eigenvalue weighted by atomic mass is 10.2. The van der Waals surface area contributed by atoms with E-state index in [0.29, 0.717) is 29.7 Å². The Morgan fingerprint density at radius 1 is 1.19 bits per heavy atom. The number of benzene rings is 1. The van der Waals surface area contributed by atoms with Crippen LogP contribution < -0.4 is 5.32 Å². The maximum absolute atomic E-state index is 13.3.